The molecule has 24 heavy (non-hydrogen) atoms. The van der Waals surface area contributed by atoms with E-state index in [-0.39, 0.29) is 5.91 Å². The van der Waals surface area contributed by atoms with Crippen LogP contribution in [0.5, 0.6) is 0 Å². The molecule has 1 amide bonds. The summed E-state index contributed by atoms with van der Waals surface area (Å²) in [5, 5.41) is 7.10. The molecule has 0 bridgehead atoms. The Morgan fingerprint density at radius 3 is 2.79 bits per heavy atom. The van der Waals surface area contributed by atoms with E-state index in [0.717, 1.165) is 31.7 Å². The van der Waals surface area contributed by atoms with E-state index >= 15 is 0 Å². The van der Waals surface area contributed by atoms with Gasteiger partial charge in [0.05, 0.1) is 10.6 Å². The van der Waals surface area contributed by atoms with Crippen molar-refractivity contribution in [1.29, 1.82) is 0 Å². The zero-order chi connectivity index (χ0) is 16.8. The molecule has 2 saturated heterocycles. The van der Waals surface area contributed by atoms with Gasteiger partial charge in [-0.3, -0.25) is 4.79 Å². The third-order valence-corrected chi connectivity index (χ3v) is 5.42. The maximum absolute atomic E-state index is 12.6. The van der Waals surface area contributed by atoms with Gasteiger partial charge in [0.15, 0.2) is 0 Å². The van der Waals surface area contributed by atoms with Crippen LogP contribution in [0.25, 0.3) is 0 Å². The lowest BCUT2D eigenvalue weighted by Gasteiger charge is -2.29. The van der Waals surface area contributed by atoms with Crippen LogP contribution >= 0.6 is 11.6 Å². The van der Waals surface area contributed by atoms with Crippen molar-refractivity contribution in [2.24, 2.45) is 0 Å². The number of hydrogen-bond acceptors (Lipinski definition) is 3. The number of hydrogen-bond donors (Lipinski definition) is 2. The highest BCUT2D eigenvalue weighted by Crippen LogP contribution is 2.25. The molecule has 0 saturated carbocycles. The summed E-state index contributed by atoms with van der Waals surface area (Å²) in [5.74, 6) is -0.0649. The fourth-order valence-corrected chi connectivity index (χ4v) is 3.83. The minimum Gasteiger partial charge on any atom is -0.372 e. The third-order valence-electron chi connectivity index (χ3n) is 5.09. The maximum Gasteiger partial charge on any atom is 0.252 e. The van der Waals surface area contributed by atoms with Crippen molar-refractivity contribution in [2.45, 2.75) is 51.0 Å². The number of anilines is 1. The fraction of sp³-hybridized carbons (Fsp3) is 0.632. The Kier molecular flexibility index (Phi) is 6.38. The van der Waals surface area contributed by atoms with Crippen molar-refractivity contribution in [2.75, 3.05) is 31.1 Å². The molecule has 1 aromatic rings. The lowest BCUT2D eigenvalue weighted by Crippen LogP contribution is -2.40. The molecule has 2 fully saturated rings. The summed E-state index contributed by atoms with van der Waals surface area (Å²) in [6, 6.07) is 6.20. The quantitative estimate of drug-likeness (QED) is 0.873. The van der Waals surface area contributed by atoms with Crippen LogP contribution < -0.4 is 15.5 Å². The Bertz CT molecular complexity index is 550. The van der Waals surface area contributed by atoms with Crippen molar-refractivity contribution in [3.8, 4) is 0 Å². The van der Waals surface area contributed by atoms with Crippen LogP contribution in [0, 0.1) is 0 Å². The van der Waals surface area contributed by atoms with E-state index in [1.165, 1.54) is 38.5 Å². The molecule has 2 aliphatic heterocycles. The molecule has 0 spiro atoms. The number of nitrogens with zero attached hydrogens (tertiary/aromatic N) is 1. The van der Waals surface area contributed by atoms with Gasteiger partial charge in [0.1, 0.15) is 0 Å². The minimum atomic E-state index is -0.0649. The van der Waals surface area contributed by atoms with Gasteiger partial charge in [-0.1, -0.05) is 24.4 Å². The molecular weight excluding hydrogens is 322 g/mol. The summed E-state index contributed by atoms with van der Waals surface area (Å²) >= 11 is 6.28. The number of halogens is 1. The number of benzene rings is 1. The number of piperidine rings is 1. The van der Waals surface area contributed by atoms with Crippen molar-refractivity contribution in [3.63, 3.8) is 0 Å². The molecule has 2 heterocycles. The zero-order valence-corrected chi connectivity index (χ0v) is 15.1. The van der Waals surface area contributed by atoms with E-state index < -0.39 is 0 Å². The molecule has 3 rings (SSSR count). The van der Waals surface area contributed by atoms with Gasteiger partial charge in [0.2, 0.25) is 0 Å². The van der Waals surface area contributed by atoms with Gasteiger partial charge in [-0.05, 0) is 56.8 Å². The van der Waals surface area contributed by atoms with Crippen molar-refractivity contribution >= 4 is 23.2 Å². The Morgan fingerprint density at radius 2 is 1.96 bits per heavy atom. The first-order valence-electron chi connectivity index (χ1n) is 9.30. The summed E-state index contributed by atoms with van der Waals surface area (Å²) in [6.45, 7) is 3.85. The molecule has 132 valence electrons. The Balaban J connectivity index is 1.62. The van der Waals surface area contributed by atoms with E-state index in [1.54, 1.807) is 0 Å². The van der Waals surface area contributed by atoms with E-state index in [4.69, 9.17) is 11.6 Å². The molecule has 0 radical (unpaired) electrons. The van der Waals surface area contributed by atoms with Crippen molar-refractivity contribution < 1.29 is 4.79 Å². The summed E-state index contributed by atoms with van der Waals surface area (Å²) in [5.41, 5.74) is 1.70. The Morgan fingerprint density at radius 1 is 1.17 bits per heavy atom. The smallest absolute Gasteiger partial charge is 0.252 e. The van der Waals surface area contributed by atoms with Gasteiger partial charge in [0.25, 0.3) is 5.91 Å². The van der Waals surface area contributed by atoms with Crippen LogP contribution in [-0.2, 0) is 0 Å². The van der Waals surface area contributed by atoms with Gasteiger partial charge in [-0.15, -0.1) is 0 Å². The zero-order valence-electron chi connectivity index (χ0n) is 14.3. The fourth-order valence-electron chi connectivity index (χ4n) is 3.62. The van der Waals surface area contributed by atoms with Crippen molar-refractivity contribution in [1.82, 2.24) is 10.6 Å². The van der Waals surface area contributed by atoms with Gasteiger partial charge < -0.3 is 15.5 Å². The topological polar surface area (TPSA) is 44.4 Å². The average Bonchev–Trinajstić information content (AvgIpc) is 2.89. The third kappa shape index (κ3) is 4.64. The first-order valence-corrected chi connectivity index (χ1v) is 9.68. The highest BCUT2D eigenvalue weighted by atomic mass is 35.5. The first kappa shape index (κ1) is 17.6. The monoisotopic (exact) mass is 349 g/mol. The number of amides is 1. The molecule has 2 N–H and O–H groups in total. The minimum absolute atomic E-state index is 0.0649. The number of carbonyl (C=O) groups excluding carboxylic acids is 1. The lowest BCUT2D eigenvalue weighted by atomic mass is 10.1. The average molecular weight is 350 g/mol. The second-order valence-corrected chi connectivity index (χ2v) is 7.33. The van der Waals surface area contributed by atoms with Gasteiger partial charge >= 0.3 is 0 Å². The van der Waals surface area contributed by atoms with Gasteiger partial charge in [-0.2, -0.15) is 0 Å². The van der Waals surface area contributed by atoms with Gasteiger partial charge in [-0.25, -0.2) is 0 Å². The van der Waals surface area contributed by atoms with Crippen LogP contribution in [0.2, 0.25) is 5.02 Å². The summed E-state index contributed by atoms with van der Waals surface area (Å²) < 4.78 is 0. The Labute approximate surface area is 149 Å². The standard InChI is InChI=1S/C19H28ClN3O/c20-18-9-8-16(23-11-5-2-6-12-23)13-17(18)19(24)22-14-15-7-3-1-4-10-21-15/h8-9,13,15,21H,1-7,10-12,14H2,(H,22,24)/t15-/m1/s1. The van der Waals surface area contributed by atoms with E-state index in [0.29, 0.717) is 23.2 Å². The largest absolute Gasteiger partial charge is 0.372 e. The van der Waals surface area contributed by atoms with E-state index in [9.17, 15) is 4.79 Å². The summed E-state index contributed by atoms with van der Waals surface area (Å²) in [4.78, 5) is 14.9. The molecule has 4 nitrogen and oxygen atoms in total. The highest BCUT2D eigenvalue weighted by Gasteiger charge is 2.17. The molecule has 0 aromatic heterocycles. The normalized spacial score (nSPS) is 22.0. The molecule has 0 unspecified atom stereocenters. The molecule has 1 atom stereocenters. The van der Waals surface area contributed by atoms with E-state index in [1.807, 2.05) is 18.2 Å². The predicted molar refractivity (Wildman–Crippen MR) is 100 cm³/mol. The predicted octanol–water partition coefficient (Wildman–Crippen LogP) is 3.59. The second kappa shape index (κ2) is 8.72. The molecule has 0 aliphatic carbocycles. The molecule has 5 heteroatoms. The molecule has 1 aromatic carbocycles. The number of carbonyl (C=O) groups is 1. The molecule has 2 aliphatic rings. The SMILES string of the molecule is O=C(NC[C@H]1CCCCCN1)c1cc(N2CCCCC2)ccc1Cl. The number of rotatable bonds is 4. The summed E-state index contributed by atoms with van der Waals surface area (Å²) in [6.07, 6.45) is 8.61. The van der Waals surface area contributed by atoms with Crippen molar-refractivity contribution in [3.05, 3.63) is 28.8 Å². The maximum atomic E-state index is 12.6. The second-order valence-electron chi connectivity index (χ2n) is 6.92. The van der Waals surface area contributed by atoms with Gasteiger partial charge in [0, 0.05) is 31.4 Å². The lowest BCUT2D eigenvalue weighted by molar-refractivity contribution is 0.0949. The Hall–Kier alpha value is -1.26. The van der Waals surface area contributed by atoms with Crippen LogP contribution in [-0.4, -0.2) is 38.1 Å². The van der Waals surface area contributed by atoms with Crippen LogP contribution in [0.1, 0.15) is 55.3 Å². The first-order chi connectivity index (χ1) is 11.7. The summed E-state index contributed by atoms with van der Waals surface area (Å²) in [7, 11) is 0. The highest BCUT2D eigenvalue weighted by molar-refractivity contribution is 6.34. The van der Waals surface area contributed by atoms with Crippen LogP contribution in [0.15, 0.2) is 18.2 Å². The van der Waals surface area contributed by atoms with E-state index in [2.05, 4.69) is 15.5 Å². The van der Waals surface area contributed by atoms with Crippen LogP contribution in [0.4, 0.5) is 5.69 Å². The molecular formula is C19H28ClN3O. The van der Waals surface area contributed by atoms with Crippen LogP contribution in [0.3, 0.4) is 0 Å². The number of nitrogens with one attached hydrogen (secondary N) is 2.